The molecule has 0 aliphatic heterocycles. The fraction of sp³-hybridized carbons (Fsp3) is 0.176. The van der Waals surface area contributed by atoms with E-state index in [2.05, 4.69) is 5.32 Å². The smallest absolute Gasteiger partial charge is 0.346 e. The van der Waals surface area contributed by atoms with Gasteiger partial charge in [-0.15, -0.1) is 0 Å². The first-order valence-corrected chi connectivity index (χ1v) is 6.79. The van der Waals surface area contributed by atoms with Crippen molar-refractivity contribution in [1.82, 2.24) is 5.32 Å². The predicted octanol–water partition coefficient (Wildman–Crippen LogP) is 4.07. The van der Waals surface area contributed by atoms with Crippen LogP contribution in [0, 0.1) is 11.3 Å². The van der Waals surface area contributed by atoms with Crippen molar-refractivity contribution in [3.8, 4) is 6.07 Å². The van der Waals surface area contributed by atoms with Gasteiger partial charge >= 0.3 is 6.18 Å². The lowest BCUT2D eigenvalue weighted by Crippen LogP contribution is -2.26. The summed E-state index contributed by atoms with van der Waals surface area (Å²) in [5.41, 5.74) is 0.506. The molecule has 0 unspecified atom stereocenters. The number of alkyl halides is 3. The van der Waals surface area contributed by atoms with Gasteiger partial charge in [-0.2, -0.15) is 18.4 Å². The lowest BCUT2D eigenvalue weighted by molar-refractivity contribution is -0.137. The Bertz CT molecular complexity index is 746. The molecule has 0 saturated carbocycles. The Morgan fingerprint density at radius 2 is 1.83 bits per heavy atom. The number of hydrogen-bond donors (Lipinski definition) is 1. The minimum atomic E-state index is -4.39. The highest BCUT2D eigenvalue weighted by molar-refractivity contribution is 5.94. The van der Waals surface area contributed by atoms with Crippen LogP contribution < -0.4 is 5.32 Å². The summed E-state index contributed by atoms with van der Waals surface area (Å²) in [4.78, 5) is 12.1. The quantitative estimate of drug-likeness (QED) is 0.927. The van der Waals surface area contributed by atoms with Crippen LogP contribution in [0.2, 0.25) is 0 Å². The van der Waals surface area contributed by atoms with Crippen LogP contribution >= 0.6 is 0 Å². The number of carbonyl (C=O) groups excluding carboxylic acids is 1. The van der Waals surface area contributed by atoms with Crippen molar-refractivity contribution >= 4 is 5.91 Å². The summed E-state index contributed by atoms with van der Waals surface area (Å²) in [6, 6.07) is 12.3. The highest BCUT2D eigenvalue weighted by Gasteiger charge is 2.30. The Labute approximate surface area is 131 Å². The second-order valence-corrected chi connectivity index (χ2v) is 5.01. The molecule has 1 atom stereocenters. The number of nitriles is 1. The van der Waals surface area contributed by atoms with Gasteiger partial charge < -0.3 is 5.32 Å². The zero-order valence-electron chi connectivity index (χ0n) is 12.2. The van der Waals surface area contributed by atoms with Crippen molar-refractivity contribution in [2.75, 3.05) is 0 Å². The van der Waals surface area contributed by atoms with Crippen LogP contribution in [0.3, 0.4) is 0 Å². The third-order valence-electron chi connectivity index (χ3n) is 3.34. The molecule has 0 spiro atoms. The molecule has 0 aliphatic carbocycles. The van der Waals surface area contributed by atoms with E-state index in [0.717, 1.165) is 12.1 Å². The predicted molar refractivity (Wildman–Crippen MR) is 78.5 cm³/mol. The first-order valence-electron chi connectivity index (χ1n) is 6.79. The first kappa shape index (κ1) is 16.6. The second-order valence-electron chi connectivity index (χ2n) is 5.01. The molecular formula is C17H13F3N2O. The van der Waals surface area contributed by atoms with Gasteiger partial charge in [0.2, 0.25) is 0 Å². The van der Waals surface area contributed by atoms with Crippen LogP contribution in [0.25, 0.3) is 0 Å². The maximum atomic E-state index is 12.5. The largest absolute Gasteiger partial charge is 0.416 e. The summed E-state index contributed by atoms with van der Waals surface area (Å²) in [6.45, 7) is 1.68. The van der Waals surface area contributed by atoms with Gasteiger partial charge in [0, 0.05) is 5.56 Å². The van der Waals surface area contributed by atoms with Gasteiger partial charge in [0.1, 0.15) is 0 Å². The molecule has 0 bridgehead atoms. The molecule has 3 nitrogen and oxygen atoms in total. The molecule has 2 aromatic carbocycles. The van der Waals surface area contributed by atoms with E-state index >= 15 is 0 Å². The Morgan fingerprint density at radius 1 is 1.17 bits per heavy atom. The maximum Gasteiger partial charge on any atom is 0.416 e. The summed E-state index contributed by atoms with van der Waals surface area (Å²) in [6.07, 6.45) is -4.39. The van der Waals surface area contributed by atoms with Crippen LogP contribution in [0.4, 0.5) is 13.2 Å². The molecule has 1 amide bonds. The van der Waals surface area contributed by atoms with Crippen molar-refractivity contribution in [2.24, 2.45) is 0 Å². The molecule has 0 heterocycles. The number of amides is 1. The minimum absolute atomic E-state index is 0.322. The number of halogens is 3. The van der Waals surface area contributed by atoms with E-state index in [1.807, 2.05) is 6.07 Å². The Kier molecular flexibility index (Phi) is 4.70. The van der Waals surface area contributed by atoms with E-state index in [1.54, 1.807) is 25.1 Å². The molecule has 2 rings (SSSR count). The van der Waals surface area contributed by atoms with Crippen LogP contribution in [0.5, 0.6) is 0 Å². The summed E-state index contributed by atoms with van der Waals surface area (Å²) in [5.74, 6) is -0.394. The Hall–Kier alpha value is -2.81. The lowest BCUT2D eigenvalue weighted by atomic mass is 10.0. The monoisotopic (exact) mass is 318 g/mol. The van der Waals surface area contributed by atoms with E-state index in [9.17, 15) is 18.0 Å². The topological polar surface area (TPSA) is 52.9 Å². The average molecular weight is 318 g/mol. The summed E-state index contributed by atoms with van der Waals surface area (Å²) in [5, 5.41) is 11.5. The van der Waals surface area contributed by atoms with Gasteiger partial charge in [0.15, 0.2) is 0 Å². The van der Waals surface area contributed by atoms with Gasteiger partial charge in [-0.05, 0) is 42.8 Å². The highest BCUT2D eigenvalue weighted by Crippen LogP contribution is 2.29. The second kappa shape index (κ2) is 6.53. The van der Waals surface area contributed by atoms with Crippen molar-refractivity contribution in [1.29, 1.82) is 5.26 Å². The molecule has 0 aromatic heterocycles. The number of hydrogen-bond acceptors (Lipinski definition) is 2. The lowest BCUT2D eigenvalue weighted by Gasteiger charge is -2.15. The third-order valence-corrected chi connectivity index (χ3v) is 3.34. The number of rotatable bonds is 3. The third kappa shape index (κ3) is 4.10. The van der Waals surface area contributed by atoms with Crippen molar-refractivity contribution in [2.45, 2.75) is 19.1 Å². The number of nitrogens with zero attached hydrogens (tertiary/aromatic N) is 1. The number of carbonyl (C=O) groups is 1. The minimum Gasteiger partial charge on any atom is -0.346 e. The van der Waals surface area contributed by atoms with Crippen LogP contribution in [0.15, 0.2) is 48.5 Å². The molecule has 23 heavy (non-hydrogen) atoms. The van der Waals surface area contributed by atoms with Gasteiger partial charge in [0.25, 0.3) is 5.91 Å². The first-order chi connectivity index (χ1) is 10.8. The van der Waals surface area contributed by atoms with Crippen LogP contribution in [-0.2, 0) is 6.18 Å². The van der Waals surface area contributed by atoms with Gasteiger partial charge in [-0.3, -0.25) is 4.79 Å². The van der Waals surface area contributed by atoms with Crippen molar-refractivity contribution in [3.05, 3.63) is 70.8 Å². The van der Waals surface area contributed by atoms with Gasteiger partial charge in [-0.1, -0.05) is 18.2 Å². The maximum absolute atomic E-state index is 12.5. The number of nitrogens with one attached hydrogen (secondary N) is 1. The zero-order valence-corrected chi connectivity index (χ0v) is 12.2. The molecule has 1 N–H and O–H groups in total. The Morgan fingerprint density at radius 3 is 2.39 bits per heavy atom. The molecule has 0 fully saturated rings. The molecule has 0 radical (unpaired) electrons. The molecule has 118 valence electrons. The van der Waals surface area contributed by atoms with E-state index < -0.39 is 23.7 Å². The van der Waals surface area contributed by atoms with E-state index in [1.165, 1.54) is 18.2 Å². The fourth-order valence-electron chi connectivity index (χ4n) is 2.05. The van der Waals surface area contributed by atoms with E-state index in [4.69, 9.17) is 5.26 Å². The van der Waals surface area contributed by atoms with Gasteiger partial charge in [0.05, 0.1) is 23.2 Å². The summed E-state index contributed by atoms with van der Waals surface area (Å²) < 4.78 is 37.6. The summed E-state index contributed by atoms with van der Waals surface area (Å²) in [7, 11) is 0. The summed E-state index contributed by atoms with van der Waals surface area (Å²) >= 11 is 0. The van der Waals surface area contributed by atoms with Crippen molar-refractivity contribution < 1.29 is 18.0 Å². The molecule has 6 heteroatoms. The van der Waals surface area contributed by atoms with Crippen molar-refractivity contribution in [3.63, 3.8) is 0 Å². The molecular weight excluding hydrogens is 305 g/mol. The van der Waals surface area contributed by atoms with E-state index in [0.29, 0.717) is 16.7 Å². The fourth-order valence-corrected chi connectivity index (χ4v) is 2.05. The zero-order chi connectivity index (χ0) is 17.0. The standard InChI is InChI=1S/C17H13F3N2O/c1-11(13-5-7-15(8-6-13)17(18,19)20)22-16(23)14-4-2-3-12(9-14)10-21/h2-9,11H,1H3,(H,22,23)/t11-/m0/s1. The molecule has 0 saturated heterocycles. The van der Waals surface area contributed by atoms with Crippen LogP contribution in [0.1, 0.15) is 40.0 Å². The highest BCUT2D eigenvalue weighted by atomic mass is 19.4. The number of benzene rings is 2. The van der Waals surface area contributed by atoms with E-state index in [-0.39, 0.29) is 0 Å². The molecule has 0 aliphatic rings. The van der Waals surface area contributed by atoms with Gasteiger partial charge in [-0.25, -0.2) is 0 Å². The van der Waals surface area contributed by atoms with Crippen LogP contribution in [-0.4, -0.2) is 5.91 Å². The Balaban J connectivity index is 2.10. The molecule has 2 aromatic rings. The normalized spacial score (nSPS) is 12.3. The SMILES string of the molecule is C[C@H](NC(=O)c1cccc(C#N)c1)c1ccc(C(F)(F)F)cc1. The average Bonchev–Trinajstić information content (AvgIpc) is 2.54.